The maximum Gasteiger partial charge on any atom is 0.307 e. The molecule has 2 heterocycles. The Kier molecular flexibility index (Phi) is 5.56. The van der Waals surface area contributed by atoms with Gasteiger partial charge in [0.15, 0.2) is 11.5 Å². The minimum Gasteiger partial charge on any atom is -0.469 e. The SMILES string of the molecule is COC(=O)C[C@@H](NC(=O)[C@@H]1CC(=O)N(c2ccc3c(c2)OCO3)C1)c1ccccc1. The van der Waals surface area contributed by atoms with Crippen LogP contribution in [0, 0.1) is 5.92 Å². The van der Waals surface area contributed by atoms with Gasteiger partial charge in [0, 0.05) is 24.7 Å². The standard InChI is InChI=1S/C22H22N2O6/c1-28-21(26)11-17(14-5-3-2-4-6-14)23-22(27)15-9-20(25)24(12-15)16-7-8-18-19(10-16)30-13-29-18/h2-8,10,15,17H,9,11-13H2,1H3,(H,23,27)/t15-,17-/m1/s1. The van der Waals surface area contributed by atoms with Crippen LogP contribution in [-0.2, 0) is 19.1 Å². The molecule has 2 aliphatic heterocycles. The van der Waals surface area contributed by atoms with E-state index in [0.717, 1.165) is 5.56 Å². The highest BCUT2D eigenvalue weighted by atomic mass is 16.7. The molecule has 0 aliphatic carbocycles. The lowest BCUT2D eigenvalue weighted by molar-refractivity contribution is -0.141. The summed E-state index contributed by atoms with van der Waals surface area (Å²) in [7, 11) is 1.31. The van der Waals surface area contributed by atoms with Crippen LogP contribution >= 0.6 is 0 Å². The van der Waals surface area contributed by atoms with Crippen molar-refractivity contribution in [3.05, 3.63) is 54.1 Å². The number of hydrogen-bond donors (Lipinski definition) is 1. The van der Waals surface area contributed by atoms with Crippen molar-refractivity contribution >= 4 is 23.5 Å². The zero-order chi connectivity index (χ0) is 21.1. The number of ether oxygens (including phenoxy) is 3. The maximum absolute atomic E-state index is 12.9. The number of fused-ring (bicyclic) bond motifs is 1. The van der Waals surface area contributed by atoms with Gasteiger partial charge in [-0.05, 0) is 17.7 Å². The van der Waals surface area contributed by atoms with Gasteiger partial charge in [-0.15, -0.1) is 0 Å². The fourth-order valence-electron chi connectivity index (χ4n) is 3.66. The van der Waals surface area contributed by atoms with Crippen molar-refractivity contribution in [2.24, 2.45) is 5.92 Å². The van der Waals surface area contributed by atoms with Crippen molar-refractivity contribution in [1.29, 1.82) is 0 Å². The largest absolute Gasteiger partial charge is 0.469 e. The van der Waals surface area contributed by atoms with E-state index >= 15 is 0 Å². The van der Waals surface area contributed by atoms with Crippen molar-refractivity contribution in [3.8, 4) is 11.5 Å². The van der Waals surface area contributed by atoms with Gasteiger partial charge in [0.2, 0.25) is 18.6 Å². The normalized spacial score (nSPS) is 18.2. The van der Waals surface area contributed by atoms with Crippen LogP contribution in [0.25, 0.3) is 0 Å². The molecule has 30 heavy (non-hydrogen) atoms. The summed E-state index contributed by atoms with van der Waals surface area (Å²) < 4.78 is 15.4. The Balaban J connectivity index is 1.46. The minimum atomic E-state index is -0.527. The van der Waals surface area contributed by atoms with E-state index in [1.165, 1.54) is 7.11 Å². The molecule has 0 aromatic heterocycles. The number of rotatable bonds is 6. The summed E-state index contributed by atoms with van der Waals surface area (Å²) in [4.78, 5) is 38.9. The molecular formula is C22H22N2O6. The summed E-state index contributed by atoms with van der Waals surface area (Å²) in [6.07, 6.45) is 0.110. The quantitative estimate of drug-likeness (QED) is 0.734. The number of nitrogens with zero attached hydrogens (tertiary/aromatic N) is 1. The van der Waals surface area contributed by atoms with Crippen molar-refractivity contribution in [1.82, 2.24) is 5.32 Å². The van der Waals surface area contributed by atoms with E-state index in [9.17, 15) is 14.4 Å². The predicted octanol–water partition coefficient (Wildman–Crippen LogP) is 2.19. The van der Waals surface area contributed by atoms with Crippen molar-refractivity contribution < 1.29 is 28.6 Å². The van der Waals surface area contributed by atoms with Crippen molar-refractivity contribution in [2.75, 3.05) is 25.3 Å². The Bertz CT molecular complexity index is 961. The van der Waals surface area contributed by atoms with Gasteiger partial charge >= 0.3 is 5.97 Å². The molecule has 8 nitrogen and oxygen atoms in total. The molecule has 8 heteroatoms. The highest BCUT2D eigenvalue weighted by Crippen LogP contribution is 2.37. The Morgan fingerprint density at radius 3 is 2.70 bits per heavy atom. The van der Waals surface area contributed by atoms with Crippen molar-refractivity contribution in [2.45, 2.75) is 18.9 Å². The number of amides is 2. The van der Waals surface area contributed by atoms with Crippen LogP contribution in [0.15, 0.2) is 48.5 Å². The summed E-state index contributed by atoms with van der Waals surface area (Å²) in [5.74, 6) is -0.147. The van der Waals surface area contributed by atoms with Gasteiger partial charge in [0.25, 0.3) is 0 Å². The lowest BCUT2D eigenvalue weighted by Crippen LogP contribution is -2.36. The fourth-order valence-corrected chi connectivity index (χ4v) is 3.66. The third kappa shape index (κ3) is 4.07. The molecule has 1 N–H and O–H groups in total. The number of carbonyl (C=O) groups excluding carboxylic acids is 3. The molecule has 1 saturated heterocycles. The van der Waals surface area contributed by atoms with E-state index in [1.807, 2.05) is 30.3 Å². The molecule has 2 aliphatic rings. The van der Waals surface area contributed by atoms with Crippen LogP contribution in [0.3, 0.4) is 0 Å². The summed E-state index contributed by atoms with van der Waals surface area (Å²) in [6.45, 7) is 0.406. The Morgan fingerprint density at radius 2 is 1.93 bits per heavy atom. The number of benzene rings is 2. The molecule has 2 aromatic rings. The van der Waals surface area contributed by atoms with Gasteiger partial charge in [0.05, 0.1) is 25.5 Å². The van der Waals surface area contributed by atoms with E-state index in [0.29, 0.717) is 17.2 Å². The molecule has 2 amide bonds. The Labute approximate surface area is 173 Å². The molecule has 2 atom stereocenters. The number of anilines is 1. The second kappa shape index (κ2) is 8.44. The van der Waals surface area contributed by atoms with Gasteiger partial charge in [-0.3, -0.25) is 14.4 Å². The monoisotopic (exact) mass is 410 g/mol. The maximum atomic E-state index is 12.9. The van der Waals surface area contributed by atoms with Crippen LogP contribution in [0.2, 0.25) is 0 Å². The molecule has 0 unspecified atom stereocenters. The van der Waals surface area contributed by atoms with Gasteiger partial charge in [-0.1, -0.05) is 30.3 Å². The first-order valence-electron chi connectivity index (χ1n) is 9.67. The van der Waals surface area contributed by atoms with Gasteiger partial charge in [-0.25, -0.2) is 0 Å². The molecule has 2 aromatic carbocycles. The van der Waals surface area contributed by atoms with Crippen LogP contribution in [0.5, 0.6) is 11.5 Å². The van der Waals surface area contributed by atoms with E-state index in [4.69, 9.17) is 14.2 Å². The molecule has 0 radical (unpaired) electrons. The summed E-state index contributed by atoms with van der Waals surface area (Å²) in [5, 5.41) is 2.91. The molecule has 0 saturated carbocycles. The molecule has 0 spiro atoms. The molecule has 4 rings (SSSR count). The van der Waals surface area contributed by atoms with Crippen LogP contribution in [-0.4, -0.2) is 38.2 Å². The summed E-state index contributed by atoms with van der Waals surface area (Å²) in [5.41, 5.74) is 1.46. The fraction of sp³-hybridized carbons (Fsp3) is 0.318. The van der Waals surface area contributed by atoms with E-state index < -0.39 is 17.9 Å². The first-order chi connectivity index (χ1) is 14.5. The number of hydrogen-bond acceptors (Lipinski definition) is 6. The number of nitrogens with one attached hydrogen (secondary N) is 1. The topological polar surface area (TPSA) is 94.2 Å². The van der Waals surface area contributed by atoms with Gasteiger partial charge in [-0.2, -0.15) is 0 Å². The van der Waals surface area contributed by atoms with Crippen LogP contribution in [0.1, 0.15) is 24.4 Å². The van der Waals surface area contributed by atoms with E-state index in [-0.39, 0.29) is 38.0 Å². The van der Waals surface area contributed by atoms with E-state index in [1.54, 1.807) is 23.1 Å². The second-order valence-electron chi connectivity index (χ2n) is 7.20. The Hall–Kier alpha value is -3.55. The average Bonchev–Trinajstić information content (AvgIpc) is 3.39. The molecule has 156 valence electrons. The number of esters is 1. The highest BCUT2D eigenvalue weighted by molar-refractivity contribution is 6.00. The molecular weight excluding hydrogens is 388 g/mol. The highest BCUT2D eigenvalue weighted by Gasteiger charge is 2.36. The van der Waals surface area contributed by atoms with Crippen molar-refractivity contribution in [3.63, 3.8) is 0 Å². The third-order valence-corrected chi connectivity index (χ3v) is 5.28. The first-order valence-corrected chi connectivity index (χ1v) is 9.67. The zero-order valence-corrected chi connectivity index (χ0v) is 16.5. The lowest BCUT2D eigenvalue weighted by atomic mass is 10.0. The second-order valence-corrected chi connectivity index (χ2v) is 7.20. The third-order valence-electron chi connectivity index (χ3n) is 5.28. The molecule has 0 bridgehead atoms. The van der Waals surface area contributed by atoms with Crippen LogP contribution in [0.4, 0.5) is 5.69 Å². The predicted molar refractivity (Wildman–Crippen MR) is 107 cm³/mol. The van der Waals surface area contributed by atoms with Gasteiger partial charge in [0.1, 0.15) is 0 Å². The Morgan fingerprint density at radius 1 is 1.17 bits per heavy atom. The van der Waals surface area contributed by atoms with Gasteiger partial charge < -0.3 is 24.4 Å². The zero-order valence-electron chi connectivity index (χ0n) is 16.5. The molecule has 1 fully saturated rings. The smallest absolute Gasteiger partial charge is 0.307 e. The average molecular weight is 410 g/mol. The minimum absolute atomic E-state index is 0.0127. The first kappa shape index (κ1) is 19.8. The summed E-state index contributed by atoms with van der Waals surface area (Å²) in [6, 6.07) is 14.0. The van der Waals surface area contributed by atoms with Crippen LogP contribution < -0.4 is 19.7 Å². The number of methoxy groups -OCH3 is 1. The number of carbonyl (C=O) groups is 3. The van der Waals surface area contributed by atoms with E-state index in [2.05, 4.69) is 5.32 Å². The summed E-state index contributed by atoms with van der Waals surface area (Å²) >= 11 is 0. The lowest BCUT2D eigenvalue weighted by Gasteiger charge is -2.21.